The lowest BCUT2D eigenvalue weighted by Crippen LogP contribution is -2.40. The van der Waals surface area contributed by atoms with Crippen molar-refractivity contribution in [3.05, 3.63) is 0 Å². The van der Waals surface area contributed by atoms with Crippen LogP contribution in [0.15, 0.2) is 0 Å². The van der Waals surface area contributed by atoms with Gasteiger partial charge in [-0.2, -0.15) is 0 Å². The molecule has 5 heteroatoms. The predicted octanol–water partition coefficient (Wildman–Crippen LogP) is 1.21. The van der Waals surface area contributed by atoms with Crippen molar-refractivity contribution >= 4 is 9.84 Å². The Hall–Kier alpha value is -0.130. The molecule has 0 saturated heterocycles. The van der Waals surface area contributed by atoms with Gasteiger partial charge in [0.05, 0.1) is 5.25 Å². The smallest absolute Gasteiger partial charge is 0.150 e. The van der Waals surface area contributed by atoms with Gasteiger partial charge in [-0.05, 0) is 25.2 Å². The molecule has 1 aliphatic carbocycles. The summed E-state index contributed by atoms with van der Waals surface area (Å²) in [6.45, 7) is 3.78. The highest BCUT2D eigenvalue weighted by Crippen LogP contribution is 2.23. The van der Waals surface area contributed by atoms with Crippen LogP contribution in [0.25, 0.3) is 0 Å². The fourth-order valence-corrected chi connectivity index (χ4v) is 3.61. The van der Waals surface area contributed by atoms with E-state index >= 15 is 0 Å². The van der Waals surface area contributed by atoms with Crippen LogP contribution in [-0.4, -0.2) is 46.2 Å². The van der Waals surface area contributed by atoms with Crippen molar-refractivity contribution in [2.24, 2.45) is 5.92 Å². The molecule has 0 aliphatic heterocycles. The summed E-state index contributed by atoms with van der Waals surface area (Å²) < 4.78 is 28.1. The van der Waals surface area contributed by atoms with Gasteiger partial charge in [-0.25, -0.2) is 8.42 Å². The van der Waals surface area contributed by atoms with E-state index in [1.54, 1.807) is 7.11 Å². The van der Waals surface area contributed by atoms with Crippen molar-refractivity contribution in [2.75, 3.05) is 26.5 Å². The number of hydrogen-bond donors (Lipinski definition) is 1. The lowest BCUT2D eigenvalue weighted by molar-refractivity contribution is 0.155. The van der Waals surface area contributed by atoms with Crippen LogP contribution >= 0.6 is 0 Å². The Morgan fingerprint density at radius 1 is 1.41 bits per heavy atom. The molecule has 1 saturated carbocycles. The molecule has 0 aromatic heterocycles. The van der Waals surface area contributed by atoms with Gasteiger partial charge < -0.3 is 10.1 Å². The molecule has 1 rings (SSSR count). The Labute approximate surface area is 105 Å². The quantitative estimate of drug-likeness (QED) is 0.783. The van der Waals surface area contributed by atoms with Gasteiger partial charge in [0, 0.05) is 32.6 Å². The average molecular weight is 263 g/mol. The molecular formula is C12H25NO3S. The maximum absolute atomic E-state index is 11.5. The molecule has 102 valence electrons. The van der Waals surface area contributed by atoms with Crippen LogP contribution in [-0.2, 0) is 14.6 Å². The Bertz CT molecular complexity index is 316. The second kappa shape index (κ2) is 6.71. The van der Waals surface area contributed by atoms with E-state index in [1.807, 2.05) is 0 Å². The Kier molecular flexibility index (Phi) is 5.89. The van der Waals surface area contributed by atoms with Gasteiger partial charge in [0.15, 0.2) is 0 Å². The van der Waals surface area contributed by atoms with Crippen molar-refractivity contribution in [3.63, 3.8) is 0 Å². The van der Waals surface area contributed by atoms with Gasteiger partial charge in [-0.15, -0.1) is 0 Å². The Balaban J connectivity index is 2.35. The standard InChI is InChI=1S/C12H25NO3S/c1-10(9-16-2)8-13-11-5-4-6-12(7-11)17(3,14)15/h10-13H,4-9H2,1-3H3. The molecule has 1 fully saturated rings. The number of nitrogens with one attached hydrogen (secondary N) is 1. The highest BCUT2D eigenvalue weighted by molar-refractivity contribution is 7.91. The van der Waals surface area contributed by atoms with E-state index < -0.39 is 9.84 Å². The lowest BCUT2D eigenvalue weighted by atomic mass is 9.94. The minimum absolute atomic E-state index is 0.147. The first-order valence-electron chi connectivity index (χ1n) is 6.34. The second-order valence-electron chi connectivity index (χ2n) is 5.28. The van der Waals surface area contributed by atoms with Crippen LogP contribution in [0, 0.1) is 5.92 Å². The van der Waals surface area contributed by atoms with Crippen LogP contribution in [0.5, 0.6) is 0 Å². The van der Waals surface area contributed by atoms with Crippen LogP contribution in [0.3, 0.4) is 0 Å². The first-order chi connectivity index (χ1) is 7.93. The van der Waals surface area contributed by atoms with E-state index in [4.69, 9.17) is 4.74 Å². The molecule has 4 nitrogen and oxygen atoms in total. The predicted molar refractivity (Wildman–Crippen MR) is 69.9 cm³/mol. The van der Waals surface area contributed by atoms with Crippen LogP contribution < -0.4 is 5.32 Å². The largest absolute Gasteiger partial charge is 0.384 e. The summed E-state index contributed by atoms with van der Waals surface area (Å²) in [5.74, 6) is 0.471. The maximum atomic E-state index is 11.5. The van der Waals surface area contributed by atoms with Crippen molar-refractivity contribution in [1.82, 2.24) is 5.32 Å². The maximum Gasteiger partial charge on any atom is 0.150 e. The molecule has 1 N–H and O–H groups in total. The molecule has 3 unspecified atom stereocenters. The first-order valence-corrected chi connectivity index (χ1v) is 8.30. The topological polar surface area (TPSA) is 55.4 Å². The van der Waals surface area contributed by atoms with Crippen LogP contribution in [0.2, 0.25) is 0 Å². The summed E-state index contributed by atoms with van der Waals surface area (Å²) in [4.78, 5) is 0. The van der Waals surface area contributed by atoms with Gasteiger partial charge >= 0.3 is 0 Å². The fraction of sp³-hybridized carbons (Fsp3) is 1.00. The summed E-state index contributed by atoms with van der Waals surface area (Å²) in [6, 6.07) is 0.350. The zero-order valence-corrected chi connectivity index (χ0v) is 11.9. The third kappa shape index (κ3) is 5.36. The van der Waals surface area contributed by atoms with Crippen molar-refractivity contribution in [2.45, 2.75) is 43.9 Å². The minimum atomic E-state index is -2.87. The molecule has 17 heavy (non-hydrogen) atoms. The third-order valence-corrected chi connectivity index (χ3v) is 5.08. The lowest BCUT2D eigenvalue weighted by Gasteiger charge is -2.29. The summed E-state index contributed by atoms with van der Waals surface area (Å²) >= 11 is 0. The second-order valence-corrected chi connectivity index (χ2v) is 7.61. The SMILES string of the molecule is COCC(C)CNC1CCCC(S(C)(=O)=O)C1. The van der Waals surface area contributed by atoms with E-state index in [1.165, 1.54) is 6.26 Å². The molecule has 1 aliphatic rings. The van der Waals surface area contributed by atoms with E-state index in [2.05, 4.69) is 12.2 Å². The van der Waals surface area contributed by atoms with E-state index in [9.17, 15) is 8.42 Å². The first kappa shape index (κ1) is 14.9. The van der Waals surface area contributed by atoms with Gasteiger partial charge in [-0.3, -0.25) is 0 Å². The van der Waals surface area contributed by atoms with Crippen molar-refractivity contribution < 1.29 is 13.2 Å². The van der Waals surface area contributed by atoms with E-state index in [0.29, 0.717) is 12.0 Å². The number of hydrogen-bond acceptors (Lipinski definition) is 4. The molecule has 0 radical (unpaired) electrons. The third-order valence-electron chi connectivity index (χ3n) is 3.44. The highest BCUT2D eigenvalue weighted by atomic mass is 32.2. The number of methoxy groups -OCH3 is 1. The molecule has 0 aromatic rings. The number of rotatable bonds is 6. The molecule has 3 atom stereocenters. The van der Waals surface area contributed by atoms with Crippen molar-refractivity contribution in [1.29, 1.82) is 0 Å². The summed E-state index contributed by atoms with van der Waals surface area (Å²) in [6.07, 6.45) is 5.04. The molecular weight excluding hydrogens is 238 g/mol. The average Bonchev–Trinajstić information content (AvgIpc) is 2.26. The summed E-state index contributed by atoms with van der Waals surface area (Å²) in [5, 5.41) is 3.32. The molecule has 0 spiro atoms. The van der Waals surface area contributed by atoms with Crippen LogP contribution in [0.1, 0.15) is 32.6 Å². The number of ether oxygens (including phenoxy) is 1. The van der Waals surface area contributed by atoms with E-state index in [-0.39, 0.29) is 5.25 Å². The molecule has 0 aromatic carbocycles. The van der Waals surface area contributed by atoms with Crippen LogP contribution in [0.4, 0.5) is 0 Å². The molecule has 0 amide bonds. The van der Waals surface area contributed by atoms with Gasteiger partial charge in [0.2, 0.25) is 0 Å². The van der Waals surface area contributed by atoms with Gasteiger partial charge in [0.1, 0.15) is 9.84 Å². The zero-order valence-electron chi connectivity index (χ0n) is 11.1. The minimum Gasteiger partial charge on any atom is -0.384 e. The molecule has 0 bridgehead atoms. The van der Waals surface area contributed by atoms with E-state index in [0.717, 1.165) is 38.8 Å². The van der Waals surface area contributed by atoms with Gasteiger partial charge in [-0.1, -0.05) is 13.3 Å². The number of sulfone groups is 1. The Morgan fingerprint density at radius 2 is 2.12 bits per heavy atom. The zero-order chi connectivity index (χ0) is 12.9. The summed E-state index contributed by atoms with van der Waals surface area (Å²) in [7, 11) is -1.17. The van der Waals surface area contributed by atoms with Gasteiger partial charge in [0.25, 0.3) is 0 Å². The summed E-state index contributed by atoms with van der Waals surface area (Å²) in [5.41, 5.74) is 0. The normalized spacial score (nSPS) is 27.9. The fourth-order valence-electron chi connectivity index (χ4n) is 2.43. The molecule has 0 heterocycles. The monoisotopic (exact) mass is 263 g/mol. The Morgan fingerprint density at radius 3 is 2.71 bits per heavy atom. The highest BCUT2D eigenvalue weighted by Gasteiger charge is 2.28. The van der Waals surface area contributed by atoms with Crippen molar-refractivity contribution in [3.8, 4) is 0 Å².